The van der Waals surface area contributed by atoms with Gasteiger partial charge in [-0.05, 0) is 106 Å². The van der Waals surface area contributed by atoms with E-state index in [4.69, 9.17) is 4.84 Å². The van der Waals surface area contributed by atoms with E-state index in [1.54, 1.807) is 0 Å². The van der Waals surface area contributed by atoms with E-state index < -0.39 is 0 Å². The Hall–Kier alpha value is -1.47. The summed E-state index contributed by atoms with van der Waals surface area (Å²) in [6.07, 6.45) is 13.7. The number of fused-ring (bicyclic) bond motifs is 5. The van der Waals surface area contributed by atoms with Crippen molar-refractivity contribution in [2.24, 2.45) is 39.7 Å². The molecule has 0 amide bonds. The van der Waals surface area contributed by atoms with E-state index in [2.05, 4.69) is 48.3 Å². The van der Waals surface area contributed by atoms with Crippen LogP contribution in [0.25, 0.3) is 0 Å². The third-order valence-electron chi connectivity index (χ3n) is 10.5. The lowest BCUT2D eigenvalue weighted by atomic mass is 9.45. The Morgan fingerprint density at radius 3 is 2.76 bits per heavy atom. The fraction of sp³-hybridized carbons (Fsp3) is 0.889. The molecule has 4 aliphatic rings. The van der Waals surface area contributed by atoms with Crippen molar-refractivity contribution in [1.82, 2.24) is 19.9 Å². The number of nitrogens with zero attached hydrogens (tertiary/aromatic N) is 5. The van der Waals surface area contributed by atoms with Crippen LogP contribution in [0.1, 0.15) is 77.3 Å². The van der Waals surface area contributed by atoms with Gasteiger partial charge < -0.3 is 14.8 Å². The van der Waals surface area contributed by atoms with Gasteiger partial charge in [-0.1, -0.05) is 24.2 Å². The fourth-order valence-electron chi connectivity index (χ4n) is 8.29. The first kappa shape index (κ1) is 24.2. The first-order valence-corrected chi connectivity index (χ1v) is 13.7. The van der Waals surface area contributed by atoms with Gasteiger partial charge in [-0.25, -0.2) is 4.68 Å². The summed E-state index contributed by atoms with van der Waals surface area (Å²) in [6, 6.07) is 0. The summed E-state index contributed by atoms with van der Waals surface area (Å²) in [5, 5.41) is 23.7. The molecule has 7 heteroatoms. The van der Waals surface area contributed by atoms with E-state index in [9.17, 15) is 5.11 Å². The van der Waals surface area contributed by atoms with Crippen LogP contribution in [0.4, 0.5) is 0 Å². The average Bonchev–Trinajstić information content (AvgIpc) is 3.39. The molecule has 0 saturated heterocycles. The Bertz CT molecular complexity index is 884. The maximum absolute atomic E-state index is 10.7. The molecule has 7 atom stereocenters. The second-order valence-electron chi connectivity index (χ2n) is 12.5. The van der Waals surface area contributed by atoms with E-state index in [1.165, 1.54) is 44.2 Å². The highest BCUT2D eigenvalue weighted by atomic mass is 16.6. The zero-order valence-electron chi connectivity index (χ0n) is 21.7. The Morgan fingerprint density at radius 2 is 1.94 bits per heavy atom. The van der Waals surface area contributed by atoms with Gasteiger partial charge in [-0.3, -0.25) is 0 Å². The van der Waals surface area contributed by atoms with Crippen molar-refractivity contribution in [2.75, 3.05) is 27.2 Å². The normalized spacial score (nSPS) is 40.8. The summed E-state index contributed by atoms with van der Waals surface area (Å²) in [5.41, 5.74) is 2.89. The van der Waals surface area contributed by atoms with Crippen LogP contribution in [0.3, 0.4) is 0 Å². The second-order valence-corrected chi connectivity index (χ2v) is 12.5. The molecular weight excluding hydrogens is 426 g/mol. The van der Waals surface area contributed by atoms with Crippen molar-refractivity contribution in [3.63, 3.8) is 0 Å². The van der Waals surface area contributed by atoms with Gasteiger partial charge in [0.05, 0.1) is 24.1 Å². The molecule has 5 rings (SSSR count). The van der Waals surface area contributed by atoms with Crippen molar-refractivity contribution < 1.29 is 9.94 Å². The van der Waals surface area contributed by atoms with Crippen molar-refractivity contribution >= 4 is 5.71 Å². The number of aliphatic hydroxyl groups is 1. The largest absolute Gasteiger partial charge is 0.394 e. The molecule has 1 aromatic heterocycles. The molecule has 0 spiro atoms. The van der Waals surface area contributed by atoms with Crippen LogP contribution in [0.15, 0.2) is 11.4 Å². The minimum absolute atomic E-state index is 0.0756. The van der Waals surface area contributed by atoms with Crippen molar-refractivity contribution in [3.8, 4) is 0 Å². The minimum Gasteiger partial charge on any atom is -0.394 e. The van der Waals surface area contributed by atoms with Crippen LogP contribution < -0.4 is 0 Å². The molecule has 4 aliphatic carbocycles. The highest BCUT2D eigenvalue weighted by molar-refractivity contribution is 5.85. The zero-order chi connectivity index (χ0) is 23.9. The topological polar surface area (TPSA) is 75.8 Å². The van der Waals surface area contributed by atoms with E-state index in [0.717, 1.165) is 61.6 Å². The maximum atomic E-state index is 10.7. The molecule has 4 unspecified atom stereocenters. The fourth-order valence-corrected chi connectivity index (χ4v) is 8.29. The Kier molecular flexibility index (Phi) is 6.79. The van der Waals surface area contributed by atoms with Gasteiger partial charge in [0.15, 0.2) is 0 Å². The molecule has 4 fully saturated rings. The Morgan fingerprint density at radius 1 is 1.12 bits per heavy atom. The standard InChI is InChI=1S/C27H45N5O2/c1-26-12-9-20(29-34-16-15-32-18-21(28-30-32)11-14-31(3)4)17-19(26)5-6-22-23-7-8-25(33)27(23,2)13-10-24(22)26/h18-19,22-25,33H,5-17H2,1-4H3/t19?,22?,23?,24?,25-,26-,27-/m0/s1. The predicted molar refractivity (Wildman–Crippen MR) is 133 cm³/mol. The molecule has 0 bridgehead atoms. The molecule has 0 radical (unpaired) electrons. The molecule has 4 saturated carbocycles. The average molecular weight is 472 g/mol. The minimum atomic E-state index is -0.0756. The smallest absolute Gasteiger partial charge is 0.136 e. The highest BCUT2D eigenvalue weighted by Crippen LogP contribution is 2.65. The number of aromatic nitrogens is 3. The first-order valence-electron chi connectivity index (χ1n) is 13.7. The summed E-state index contributed by atoms with van der Waals surface area (Å²) < 4.78 is 1.86. The van der Waals surface area contributed by atoms with E-state index in [-0.39, 0.29) is 11.5 Å². The number of likely N-dealkylation sites (N-methyl/N-ethyl adjacent to an activating group) is 1. The maximum Gasteiger partial charge on any atom is 0.136 e. The number of aliphatic hydroxyl groups excluding tert-OH is 1. The first-order chi connectivity index (χ1) is 16.3. The Labute approximate surface area is 205 Å². The van der Waals surface area contributed by atoms with Crippen LogP contribution in [0.2, 0.25) is 0 Å². The predicted octanol–water partition coefficient (Wildman–Crippen LogP) is 4.16. The van der Waals surface area contributed by atoms with Gasteiger partial charge in [0.1, 0.15) is 6.61 Å². The van der Waals surface area contributed by atoms with E-state index in [1.807, 2.05) is 10.9 Å². The summed E-state index contributed by atoms with van der Waals surface area (Å²) in [5.74, 6) is 3.11. The van der Waals surface area contributed by atoms with Crippen LogP contribution >= 0.6 is 0 Å². The highest BCUT2D eigenvalue weighted by Gasteiger charge is 2.59. The number of hydrogen-bond acceptors (Lipinski definition) is 6. The quantitative estimate of drug-likeness (QED) is 0.477. The van der Waals surface area contributed by atoms with Gasteiger partial charge in [-0.15, -0.1) is 5.10 Å². The third-order valence-corrected chi connectivity index (χ3v) is 10.5. The molecule has 1 aromatic rings. The zero-order valence-corrected chi connectivity index (χ0v) is 21.7. The molecule has 0 aliphatic heterocycles. The summed E-state index contributed by atoms with van der Waals surface area (Å²) >= 11 is 0. The second kappa shape index (κ2) is 9.53. The van der Waals surface area contributed by atoms with Crippen LogP contribution in [0, 0.1) is 34.5 Å². The van der Waals surface area contributed by atoms with Crippen molar-refractivity contribution in [1.29, 1.82) is 0 Å². The summed E-state index contributed by atoms with van der Waals surface area (Å²) in [4.78, 5) is 7.91. The lowest BCUT2D eigenvalue weighted by Crippen LogP contribution is -2.54. The number of oxime groups is 1. The van der Waals surface area contributed by atoms with Crippen LogP contribution in [0.5, 0.6) is 0 Å². The molecule has 1 heterocycles. The number of rotatable bonds is 7. The van der Waals surface area contributed by atoms with Crippen molar-refractivity contribution in [2.45, 2.75) is 90.7 Å². The van der Waals surface area contributed by atoms with Gasteiger partial charge in [0.25, 0.3) is 0 Å². The monoisotopic (exact) mass is 471 g/mol. The van der Waals surface area contributed by atoms with Crippen molar-refractivity contribution in [3.05, 3.63) is 11.9 Å². The SMILES string of the molecule is CN(C)CCc1cn(CCON=C2CC[C@@]3(C)C(CCC4C3CC[C@@]3(C)C4CC[C@@H]3O)C2)nn1. The van der Waals surface area contributed by atoms with Gasteiger partial charge in [0, 0.05) is 19.2 Å². The molecule has 0 aromatic carbocycles. The lowest BCUT2D eigenvalue weighted by molar-refractivity contribution is -0.112. The van der Waals surface area contributed by atoms with Gasteiger partial charge in [0.2, 0.25) is 0 Å². The van der Waals surface area contributed by atoms with Crippen LogP contribution in [-0.2, 0) is 17.8 Å². The van der Waals surface area contributed by atoms with E-state index >= 15 is 0 Å². The molecule has 190 valence electrons. The molecule has 34 heavy (non-hydrogen) atoms. The Balaban J connectivity index is 1.13. The summed E-state index contributed by atoms with van der Waals surface area (Å²) in [7, 11) is 4.14. The lowest BCUT2D eigenvalue weighted by Gasteiger charge is -2.60. The van der Waals surface area contributed by atoms with Crippen LogP contribution in [-0.4, -0.2) is 64.1 Å². The molecule has 7 nitrogen and oxygen atoms in total. The van der Waals surface area contributed by atoms with E-state index in [0.29, 0.717) is 18.6 Å². The third kappa shape index (κ3) is 4.43. The van der Waals surface area contributed by atoms with Gasteiger partial charge in [-0.2, -0.15) is 0 Å². The molecular formula is C27H45N5O2. The van der Waals surface area contributed by atoms with Gasteiger partial charge >= 0.3 is 0 Å². The summed E-state index contributed by atoms with van der Waals surface area (Å²) in [6.45, 7) is 7.16. The number of hydrogen-bond donors (Lipinski definition) is 1. The molecule has 1 N–H and O–H groups in total.